The number of aromatic nitrogens is 5. The van der Waals surface area contributed by atoms with Crippen molar-refractivity contribution in [2.45, 2.75) is 46.0 Å². The lowest BCUT2D eigenvalue weighted by atomic mass is 9.56. The number of hydrogen-bond donors (Lipinski definition) is 1. The number of rotatable bonds is 4. The van der Waals surface area contributed by atoms with Gasteiger partial charge in [0.2, 0.25) is 5.91 Å². The van der Waals surface area contributed by atoms with Crippen LogP contribution in [0.2, 0.25) is 0 Å². The Hall–Kier alpha value is -3.55. The summed E-state index contributed by atoms with van der Waals surface area (Å²) in [5.41, 5.74) is 3.45. The summed E-state index contributed by atoms with van der Waals surface area (Å²) < 4.78 is 16.9. The zero-order valence-electron chi connectivity index (χ0n) is 20.9. The van der Waals surface area contributed by atoms with Crippen molar-refractivity contribution in [1.82, 2.24) is 24.4 Å². The smallest absolute Gasteiger partial charge is 0.231 e. The fourth-order valence-electron chi connectivity index (χ4n) is 6.81. The van der Waals surface area contributed by atoms with E-state index in [4.69, 9.17) is 5.10 Å². The number of benzene rings is 1. The molecule has 8 heteroatoms. The number of halogens is 1. The highest BCUT2D eigenvalue weighted by Crippen LogP contribution is 2.53. The third-order valence-corrected chi connectivity index (χ3v) is 7.89. The Morgan fingerprint density at radius 1 is 1.00 bits per heavy atom. The second kappa shape index (κ2) is 8.54. The zero-order valence-corrected chi connectivity index (χ0v) is 20.9. The zero-order chi connectivity index (χ0) is 25.0. The molecule has 2 aliphatic rings. The third-order valence-electron chi connectivity index (χ3n) is 7.89. The molecule has 3 aromatic heterocycles. The maximum Gasteiger partial charge on any atom is 0.231 e. The molecule has 2 saturated carbocycles. The van der Waals surface area contributed by atoms with Crippen molar-refractivity contribution in [3.8, 4) is 22.5 Å². The first kappa shape index (κ1) is 22.9. The van der Waals surface area contributed by atoms with Gasteiger partial charge >= 0.3 is 0 Å². The number of hydrogen-bond acceptors (Lipinski definition) is 4. The molecule has 2 unspecified atom stereocenters. The molecule has 4 aromatic rings. The van der Waals surface area contributed by atoms with Crippen LogP contribution in [-0.2, 0) is 11.8 Å². The van der Waals surface area contributed by atoms with Gasteiger partial charge < -0.3 is 5.32 Å². The maximum atomic E-state index is 13.6. The van der Waals surface area contributed by atoms with Gasteiger partial charge in [-0.05, 0) is 86.3 Å². The molecule has 6 rings (SSSR count). The van der Waals surface area contributed by atoms with Crippen LogP contribution in [0.25, 0.3) is 28.2 Å². The van der Waals surface area contributed by atoms with E-state index in [1.165, 1.54) is 25.0 Å². The molecule has 2 aliphatic carbocycles. The van der Waals surface area contributed by atoms with Gasteiger partial charge in [-0.15, -0.1) is 0 Å². The molecule has 0 radical (unpaired) electrons. The van der Waals surface area contributed by atoms with E-state index < -0.39 is 0 Å². The Labute approximate surface area is 209 Å². The molecule has 3 heterocycles. The number of nitrogens with zero attached hydrogens (tertiary/aromatic N) is 5. The standard InChI is InChI=1S/C28H31FN6O/c1-17-10-19-11-18(2)13-28(12-17,14-19)27(36)31-24-16-35-25(30-24)9-8-23(32-35)22-15-34(3)33-26(22)20-4-6-21(29)7-5-20/h4-9,15-19H,10-14H2,1-3H3,(H,31,36). The number of carbonyl (C=O) groups is 1. The molecule has 7 nitrogen and oxygen atoms in total. The highest BCUT2D eigenvalue weighted by molar-refractivity contribution is 5.95. The molecule has 0 spiro atoms. The SMILES string of the molecule is CC1CC2CC(C)CC(C(=O)Nc3cn4nc(-c5cn(C)nc5-c5ccc(F)cc5)ccc4n3)(C1)C2. The van der Waals surface area contributed by atoms with Crippen LogP contribution in [0, 0.1) is 29.0 Å². The van der Waals surface area contributed by atoms with Gasteiger partial charge in [0, 0.05) is 24.4 Å². The summed E-state index contributed by atoms with van der Waals surface area (Å²) in [6.45, 7) is 4.55. The van der Waals surface area contributed by atoms with Crippen molar-refractivity contribution in [3.63, 3.8) is 0 Å². The molecule has 1 amide bonds. The third kappa shape index (κ3) is 4.08. The first-order valence-electron chi connectivity index (χ1n) is 12.8. The Balaban J connectivity index is 1.29. The summed E-state index contributed by atoms with van der Waals surface area (Å²) in [7, 11) is 1.85. The lowest BCUT2D eigenvalue weighted by Crippen LogP contribution is -2.47. The normalized spacial score (nSPS) is 25.7. The molecule has 36 heavy (non-hydrogen) atoms. The van der Waals surface area contributed by atoms with Crippen molar-refractivity contribution in [1.29, 1.82) is 0 Å². The lowest BCUT2D eigenvalue weighted by Gasteiger charge is -2.48. The quantitative estimate of drug-likeness (QED) is 0.400. The van der Waals surface area contributed by atoms with Crippen LogP contribution in [0.1, 0.15) is 46.0 Å². The molecular formula is C28H31FN6O. The molecule has 2 fully saturated rings. The topological polar surface area (TPSA) is 77.1 Å². The average Bonchev–Trinajstić information content (AvgIpc) is 3.40. The van der Waals surface area contributed by atoms with Crippen LogP contribution in [0.5, 0.6) is 0 Å². The molecule has 0 saturated heterocycles. The molecule has 1 aromatic carbocycles. The number of carbonyl (C=O) groups excluding carboxylic acids is 1. The van der Waals surface area contributed by atoms with Crippen molar-refractivity contribution < 1.29 is 9.18 Å². The van der Waals surface area contributed by atoms with E-state index in [1.807, 2.05) is 25.4 Å². The van der Waals surface area contributed by atoms with Crippen molar-refractivity contribution in [2.75, 3.05) is 5.32 Å². The van der Waals surface area contributed by atoms with Gasteiger partial charge in [0.1, 0.15) is 11.5 Å². The van der Waals surface area contributed by atoms with Crippen LogP contribution in [0.15, 0.2) is 48.8 Å². The van der Waals surface area contributed by atoms with E-state index in [0.29, 0.717) is 34.9 Å². The monoisotopic (exact) mass is 486 g/mol. The highest BCUT2D eigenvalue weighted by atomic mass is 19.1. The first-order chi connectivity index (χ1) is 17.3. The number of amides is 1. The van der Waals surface area contributed by atoms with Crippen LogP contribution in [0.4, 0.5) is 10.2 Å². The number of imidazole rings is 1. The van der Waals surface area contributed by atoms with Gasteiger partial charge in [0.25, 0.3) is 0 Å². The van der Waals surface area contributed by atoms with Gasteiger partial charge in [0.15, 0.2) is 11.5 Å². The Morgan fingerprint density at radius 2 is 1.72 bits per heavy atom. The van der Waals surface area contributed by atoms with Gasteiger partial charge in [-0.3, -0.25) is 9.48 Å². The molecule has 0 aliphatic heterocycles. The second-order valence-corrected chi connectivity index (χ2v) is 11.1. The van der Waals surface area contributed by atoms with Crippen LogP contribution >= 0.6 is 0 Å². The van der Waals surface area contributed by atoms with E-state index in [9.17, 15) is 9.18 Å². The van der Waals surface area contributed by atoms with Crippen LogP contribution < -0.4 is 5.32 Å². The minimum atomic E-state index is -0.297. The van der Waals surface area contributed by atoms with Crippen molar-refractivity contribution in [3.05, 3.63) is 54.6 Å². The number of nitrogens with one attached hydrogen (secondary N) is 1. The van der Waals surface area contributed by atoms with E-state index in [2.05, 4.69) is 29.2 Å². The molecule has 186 valence electrons. The van der Waals surface area contributed by atoms with Crippen molar-refractivity contribution >= 4 is 17.4 Å². The number of fused-ring (bicyclic) bond motifs is 3. The Kier molecular flexibility index (Phi) is 5.43. The number of aryl methyl sites for hydroxylation is 1. The molecule has 2 bridgehead atoms. The number of anilines is 1. The summed E-state index contributed by atoms with van der Waals surface area (Å²) in [6.07, 6.45) is 9.01. The van der Waals surface area contributed by atoms with Crippen LogP contribution in [-0.4, -0.2) is 30.3 Å². The highest BCUT2D eigenvalue weighted by Gasteiger charge is 2.49. The van der Waals surface area contributed by atoms with Crippen LogP contribution in [0.3, 0.4) is 0 Å². The summed E-state index contributed by atoms with van der Waals surface area (Å²) in [5.74, 6) is 2.12. The minimum Gasteiger partial charge on any atom is -0.309 e. The van der Waals surface area contributed by atoms with Gasteiger partial charge in [0.05, 0.1) is 17.3 Å². The van der Waals surface area contributed by atoms with E-state index in [-0.39, 0.29) is 17.1 Å². The summed E-state index contributed by atoms with van der Waals surface area (Å²) >= 11 is 0. The van der Waals surface area contributed by atoms with E-state index in [0.717, 1.165) is 36.1 Å². The van der Waals surface area contributed by atoms with Gasteiger partial charge in [-0.2, -0.15) is 10.2 Å². The predicted octanol–water partition coefficient (Wildman–Crippen LogP) is 5.73. The molecular weight excluding hydrogens is 455 g/mol. The minimum absolute atomic E-state index is 0.0973. The fraction of sp³-hybridized carbons (Fsp3) is 0.429. The summed E-state index contributed by atoms with van der Waals surface area (Å²) in [5, 5.41) is 12.5. The second-order valence-electron chi connectivity index (χ2n) is 11.1. The molecule has 1 N–H and O–H groups in total. The van der Waals surface area contributed by atoms with E-state index >= 15 is 0 Å². The average molecular weight is 487 g/mol. The van der Waals surface area contributed by atoms with E-state index in [1.54, 1.807) is 27.5 Å². The maximum absolute atomic E-state index is 13.6. The van der Waals surface area contributed by atoms with Gasteiger partial charge in [-0.25, -0.2) is 13.9 Å². The lowest BCUT2D eigenvalue weighted by molar-refractivity contribution is -0.133. The largest absolute Gasteiger partial charge is 0.309 e. The Bertz CT molecular complexity index is 1420. The summed E-state index contributed by atoms with van der Waals surface area (Å²) in [4.78, 5) is 18.2. The van der Waals surface area contributed by atoms with Gasteiger partial charge in [-0.1, -0.05) is 13.8 Å². The predicted molar refractivity (Wildman–Crippen MR) is 137 cm³/mol. The summed E-state index contributed by atoms with van der Waals surface area (Å²) in [6, 6.07) is 10.1. The fourth-order valence-corrected chi connectivity index (χ4v) is 6.81. The Morgan fingerprint density at radius 3 is 2.44 bits per heavy atom. The molecule has 2 atom stereocenters. The van der Waals surface area contributed by atoms with Crippen molar-refractivity contribution in [2.24, 2.45) is 30.2 Å². The first-order valence-corrected chi connectivity index (χ1v) is 12.8.